The summed E-state index contributed by atoms with van der Waals surface area (Å²) in [5.41, 5.74) is 4.66. The van der Waals surface area contributed by atoms with Gasteiger partial charge in [0.15, 0.2) is 4.77 Å². The fourth-order valence-corrected chi connectivity index (χ4v) is 1.80. The van der Waals surface area contributed by atoms with Crippen molar-refractivity contribution in [1.82, 2.24) is 9.55 Å². The number of aromatic amines is 1. The molecule has 92 valence electrons. The number of H-pyrrole nitrogens is 1. The molecular formula is C10H7FN4O2S. The van der Waals surface area contributed by atoms with Crippen LogP contribution >= 0.6 is 12.2 Å². The SMILES string of the molecule is Nc1c(N=O)c(=O)[nH]c(=S)n1-c1cccc(F)c1. The summed E-state index contributed by atoms with van der Waals surface area (Å²) >= 11 is 4.92. The van der Waals surface area contributed by atoms with Gasteiger partial charge in [-0.05, 0) is 35.6 Å². The molecule has 0 aliphatic rings. The molecule has 2 rings (SSSR count). The molecule has 1 aromatic carbocycles. The van der Waals surface area contributed by atoms with Gasteiger partial charge in [0.05, 0.1) is 5.69 Å². The van der Waals surface area contributed by atoms with E-state index in [1.165, 1.54) is 24.3 Å². The van der Waals surface area contributed by atoms with E-state index in [2.05, 4.69) is 10.2 Å². The molecule has 0 fully saturated rings. The first-order chi connectivity index (χ1) is 8.54. The Kier molecular flexibility index (Phi) is 3.02. The molecule has 1 aromatic heterocycles. The summed E-state index contributed by atoms with van der Waals surface area (Å²) in [6.45, 7) is 0. The first-order valence-corrected chi connectivity index (χ1v) is 5.19. The fraction of sp³-hybridized carbons (Fsp3) is 0. The lowest BCUT2D eigenvalue weighted by molar-refractivity contribution is 0.626. The van der Waals surface area contributed by atoms with E-state index in [1.54, 1.807) is 0 Å². The molecular weight excluding hydrogens is 259 g/mol. The number of anilines is 1. The van der Waals surface area contributed by atoms with Crippen molar-refractivity contribution in [2.24, 2.45) is 5.18 Å². The van der Waals surface area contributed by atoms with Crippen molar-refractivity contribution in [3.63, 3.8) is 0 Å². The maximum absolute atomic E-state index is 13.1. The van der Waals surface area contributed by atoms with Gasteiger partial charge in [-0.3, -0.25) is 14.3 Å². The maximum Gasteiger partial charge on any atom is 0.283 e. The summed E-state index contributed by atoms with van der Waals surface area (Å²) in [7, 11) is 0. The van der Waals surface area contributed by atoms with Crippen molar-refractivity contribution in [1.29, 1.82) is 0 Å². The van der Waals surface area contributed by atoms with Crippen LogP contribution in [0.5, 0.6) is 0 Å². The molecule has 0 spiro atoms. The number of hydrogen-bond acceptors (Lipinski definition) is 5. The zero-order valence-electron chi connectivity index (χ0n) is 8.88. The monoisotopic (exact) mass is 266 g/mol. The quantitative estimate of drug-likeness (QED) is 0.642. The van der Waals surface area contributed by atoms with Crippen LogP contribution in [-0.4, -0.2) is 9.55 Å². The second kappa shape index (κ2) is 4.49. The fourth-order valence-electron chi connectivity index (χ4n) is 1.50. The minimum atomic E-state index is -0.778. The zero-order chi connectivity index (χ0) is 13.3. The minimum absolute atomic E-state index is 0.0458. The Hall–Kier alpha value is -2.35. The van der Waals surface area contributed by atoms with E-state index in [9.17, 15) is 14.1 Å². The summed E-state index contributed by atoms with van der Waals surface area (Å²) in [6, 6.07) is 5.39. The molecule has 18 heavy (non-hydrogen) atoms. The average Bonchev–Trinajstić information content (AvgIpc) is 2.28. The van der Waals surface area contributed by atoms with E-state index in [0.717, 1.165) is 4.57 Å². The largest absolute Gasteiger partial charge is 0.383 e. The molecule has 0 saturated carbocycles. The highest BCUT2D eigenvalue weighted by molar-refractivity contribution is 7.71. The Labute approximate surface area is 105 Å². The molecule has 0 amide bonds. The Balaban J connectivity index is 2.84. The number of hydrogen-bond donors (Lipinski definition) is 2. The van der Waals surface area contributed by atoms with E-state index in [4.69, 9.17) is 18.0 Å². The lowest BCUT2D eigenvalue weighted by Crippen LogP contribution is -2.16. The molecule has 2 aromatic rings. The molecule has 8 heteroatoms. The molecule has 0 aliphatic heterocycles. The van der Waals surface area contributed by atoms with Crippen molar-refractivity contribution in [2.45, 2.75) is 0 Å². The Morgan fingerprint density at radius 3 is 2.78 bits per heavy atom. The third kappa shape index (κ3) is 1.93. The van der Waals surface area contributed by atoms with Crippen LogP contribution in [0.25, 0.3) is 5.69 Å². The standard InChI is InChI=1S/C10H7FN4O2S/c11-5-2-1-3-6(4-5)15-8(12)7(14-17)9(16)13-10(15)18/h1-4H,12H2,(H,13,16,18). The number of nitrogens with two attached hydrogens (primary N) is 1. The third-order valence-electron chi connectivity index (χ3n) is 2.28. The Bertz CT molecular complexity index is 737. The number of nitrogens with zero attached hydrogens (tertiary/aromatic N) is 2. The number of nitroso groups, excluding NO2 is 1. The number of halogens is 1. The number of nitrogen functional groups attached to an aromatic ring is 1. The van der Waals surface area contributed by atoms with Crippen molar-refractivity contribution in [2.75, 3.05) is 5.73 Å². The zero-order valence-corrected chi connectivity index (χ0v) is 9.70. The van der Waals surface area contributed by atoms with Gasteiger partial charge in [-0.15, -0.1) is 4.91 Å². The lowest BCUT2D eigenvalue weighted by atomic mass is 10.3. The predicted molar refractivity (Wildman–Crippen MR) is 67.0 cm³/mol. The molecule has 0 radical (unpaired) electrons. The van der Waals surface area contributed by atoms with Gasteiger partial charge in [0.25, 0.3) is 5.56 Å². The van der Waals surface area contributed by atoms with Crippen molar-refractivity contribution in [3.05, 3.63) is 50.1 Å². The van der Waals surface area contributed by atoms with E-state index in [0.29, 0.717) is 5.69 Å². The highest BCUT2D eigenvalue weighted by Gasteiger charge is 2.12. The topological polar surface area (TPSA) is 93.2 Å². The molecule has 0 aliphatic carbocycles. The van der Waals surface area contributed by atoms with Crippen LogP contribution < -0.4 is 11.3 Å². The van der Waals surface area contributed by atoms with E-state index in [1.807, 2.05) is 0 Å². The van der Waals surface area contributed by atoms with E-state index in [-0.39, 0.29) is 10.6 Å². The Morgan fingerprint density at radius 1 is 1.44 bits per heavy atom. The van der Waals surface area contributed by atoms with Crippen LogP contribution in [-0.2, 0) is 0 Å². The third-order valence-corrected chi connectivity index (χ3v) is 2.56. The second-order valence-corrected chi connectivity index (χ2v) is 3.79. The highest BCUT2D eigenvalue weighted by Crippen LogP contribution is 2.21. The van der Waals surface area contributed by atoms with Crippen LogP contribution in [0, 0.1) is 15.5 Å². The van der Waals surface area contributed by atoms with Gasteiger partial charge < -0.3 is 5.73 Å². The van der Waals surface area contributed by atoms with Crippen LogP contribution in [0.4, 0.5) is 15.9 Å². The smallest absolute Gasteiger partial charge is 0.283 e. The van der Waals surface area contributed by atoms with E-state index < -0.39 is 17.1 Å². The van der Waals surface area contributed by atoms with Gasteiger partial charge >= 0.3 is 0 Å². The number of nitrogens with one attached hydrogen (secondary N) is 1. The lowest BCUT2D eigenvalue weighted by Gasteiger charge is -2.10. The van der Waals surface area contributed by atoms with Gasteiger partial charge in [0, 0.05) is 0 Å². The van der Waals surface area contributed by atoms with Gasteiger partial charge in [-0.2, -0.15) is 0 Å². The normalized spacial score (nSPS) is 10.3. The Morgan fingerprint density at radius 2 is 2.17 bits per heavy atom. The summed E-state index contributed by atoms with van der Waals surface area (Å²) < 4.78 is 14.3. The molecule has 0 unspecified atom stereocenters. The maximum atomic E-state index is 13.1. The average molecular weight is 266 g/mol. The summed E-state index contributed by atoms with van der Waals surface area (Å²) in [5.74, 6) is -0.732. The van der Waals surface area contributed by atoms with Gasteiger partial charge in [0.2, 0.25) is 5.69 Å². The van der Waals surface area contributed by atoms with Gasteiger partial charge in [-0.1, -0.05) is 6.07 Å². The number of rotatable bonds is 2. The van der Waals surface area contributed by atoms with E-state index >= 15 is 0 Å². The highest BCUT2D eigenvalue weighted by atomic mass is 32.1. The van der Waals surface area contributed by atoms with Crippen LogP contribution in [0.1, 0.15) is 0 Å². The molecule has 0 saturated heterocycles. The summed E-state index contributed by atoms with van der Waals surface area (Å²) in [4.78, 5) is 24.1. The van der Waals surface area contributed by atoms with Crippen LogP contribution in [0.2, 0.25) is 0 Å². The molecule has 6 nitrogen and oxygen atoms in total. The molecule has 0 atom stereocenters. The molecule has 0 bridgehead atoms. The first kappa shape index (κ1) is 12.1. The number of aromatic nitrogens is 2. The molecule has 1 heterocycles. The van der Waals surface area contributed by atoms with Crippen molar-refractivity contribution < 1.29 is 4.39 Å². The van der Waals surface area contributed by atoms with Crippen LogP contribution in [0.3, 0.4) is 0 Å². The first-order valence-electron chi connectivity index (χ1n) is 4.78. The summed E-state index contributed by atoms with van der Waals surface area (Å²) in [5, 5.41) is 2.54. The van der Waals surface area contributed by atoms with Crippen molar-refractivity contribution >= 4 is 23.7 Å². The minimum Gasteiger partial charge on any atom is -0.383 e. The molecule has 3 N–H and O–H groups in total. The second-order valence-electron chi connectivity index (χ2n) is 3.40. The summed E-state index contributed by atoms with van der Waals surface area (Å²) in [6.07, 6.45) is 0. The number of benzene rings is 1. The van der Waals surface area contributed by atoms with Gasteiger partial charge in [0.1, 0.15) is 11.6 Å². The van der Waals surface area contributed by atoms with Gasteiger partial charge in [-0.25, -0.2) is 4.39 Å². The predicted octanol–water partition coefficient (Wildman–Crippen LogP) is 2.01. The van der Waals surface area contributed by atoms with Crippen LogP contribution in [0.15, 0.2) is 34.2 Å². The van der Waals surface area contributed by atoms with Crippen molar-refractivity contribution in [3.8, 4) is 5.69 Å².